The number of fused-ring (bicyclic) bond motifs is 1. The second-order valence-corrected chi connectivity index (χ2v) is 8.00. The van der Waals surface area contributed by atoms with Gasteiger partial charge < -0.3 is 10.2 Å². The Morgan fingerprint density at radius 2 is 1.77 bits per heavy atom. The van der Waals surface area contributed by atoms with E-state index in [1.165, 1.54) is 0 Å². The predicted octanol–water partition coefficient (Wildman–Crippen LogP) is 1.85. The molecule has 1 N–H and O–H groups in total. The molecule has 0 radical (unpaired) electrons. The highest BCUT2D eigenvalue weighted by molar-refractivity contribution is 6.04. The largest absolute Gasteiger partial charge is 0.340 e. The number of pyridine rings is 1. The Morgan fingerprint density at radius 3 is 2.53 bits per heavy atom. The molecule has 5 rings (SSSR count). The summed E-state index contributed by atoms with van der Waals surface area (Å²) in [6, 6.07) is 7.06. The van der Waals surface area contributed by atoms with Crippen molar-refractivity contribution in [3.63, 3.8) is 0 Å². The molecule has 0 aliphatic carbocycles. The zero-order valence-corrected chi connectivity index (χ0v) is 17.0. The van der Waals surface area contributed by atoms with Crippen molar-refractivity contribution in [1.82, 2.24) is 30.2 Å². The van der Waals surface area contributed by atoms with Gasteiger partial charge in [0.1, 0.15) is 5.69 Å². The smallest absolute Gasteiger partial charge is 0.225 e. The summed E-state index contributed by atoms with van der Waals surface area (Å²) in [6.45, 7) is 6.39. The van der Waals surface area contributed by atoms with Gasteiger partial charge in [-0.05, 0) is 44.0 Å². The number of Topliss-reactive ketones (excluding diaryl/α,β-unsaturated/α-hetero) is 1. The molecule has 5 heterocycles. The second-order valence-electron chi connectivity index (χ2n) is 8.00. The van der Waals surface area contributed by atoms with Crippen LogP contribution in [0.2, 0.25) is 0 Å². The van der Waals surface area contributed by atoms with Gasteiger partial charge >= 0.3 is 0 Å². The van der Waals surface area contributed by atoms with Crippen molar-refractivity contribution in [2.24, 2.45) is 11.8 Å². The Hall–Kier alpha value is -3.26. The van der Waals surface area contributed by atoms with Crippen molar-refractivity contribution in [1.29, 1.82) is 0 Å². The van der Waals surface area contributed by atoms with Crippen molar-refractivity contribution in [2.75, 3.05) is 24.5 Å². The van der Waals surface area contributed by atoms with Crippen LogP contribution in [0.5, 0.6) is 0 Å². The molecule has 3 unspecified atom stereocenters. The number of anilines is 1. The van der Waals surface area contributed by atoms with E-state index >= 15 is 0 Å². The van der Waals surface area contributed by atoms with Gasteiger partial charge in [-0.15, -0.1) is 0 Å². The maximum Gasteiger partial charge on any atom is 0.225 e. The lowest BCUT2D eigenvalue weighted by atomic mass is 9.89. The zero-order chi connectivity index (χ0) is 20.7. The summed E-state index contributed by atoms with van der Waals surface area (Å²) < 4.78 is 0. The quantitative estimate of drug-likeness (QED) is 0.662. The molecular formula is C22H23N7O. The number of hydrogen-bond acceptors (Lipinski definition) is 8. The highest BCUT2D eigenvalue weighted by atomic mass is 16.1. The molecule has 152 valence electrons. The lowest BCUT2D eigenvalue weighted by Crippen LogP contribution is -2.39. The second kappa shape index (κ2) is 7.53. The van der Waals surface area contributed by atoms with Crippen LogP contribution in [0, 0.1) is 25.7 Å². The van der Waals surface area contributed by atoms with Gasteiger partial charge in [0, 0.05) is 61.1 Å². The van der Waals surface area contributed by atoms with E-state index in [1.54, 1.807) is 30.7 Å². The normalized spacial score (nSPS) is 22.9. The van der Waals surface area contributed by atoms with Crippen LogP contribution in [0.4, 0.5) is 5.95 Å². The van der Waals surface area contributed by atoms with Crippen LogP contribution in [0.25, 0.3) is 11.5 Å². The number of hydrogen-bond donors (Lipinski definition) is 1. The standard InChI is InChI=1S/C22H23N7O/c1-13-9-14(2)28-22(27-13)29-11-15-10-26-18(17(15)12-29)20(30)16-5-3-6-23-19(16)21-24-7-4-8-25-21/h3-9,15,17-18,26H,10-12H2,1-2H3. The zero-order valence-electron chi connectivity index (χ0n) is 17.0. The minimum atomic E-state index is -0.266. The van der Waals surface area contributed by atoms with E-state index < -0.39 is 0 Å². The Labute approximate surface area is 174 Å². The number of carbonyl (C=O) groups is 1. The molecule has 2 aliphatic rings. The van der Waals surface area contributed by atoms with Gasteiger partial charge in [0.25, 0.3) is 0 Å². The predicted molar refractivity (Wildman–Crippen MR) is 112 cm³/mol. The molecular weight excluding hydrogens is 378 g/mol. The van der Waals surface area contributed by atoms with Crippen molar-refractivity contribution in [2.45, 2.75) is 19.9 Å². The first-order valence-corrected chi connectivity index (χ1v) is 10.2. The SMILES string of the molecule is Cc1cc(C)nc(N2CC3CNC(C(=O)c4cccnc4-c4ncccn4)C3C2)n1. The molecule has 30 heavy (non-hydrogen) atoms. The summed E-state index contributed by atoms with van der Waals surface area (Å²) >= 11 is 0. The van der Waals surface area contributed by atoms with Crippen LogP contribution in [-0.4, -0.2) is 56.4 Å². The first-order chi connectivity index (χ1) is 14.6. The number of aromatic nitrogens is 5. The molecule has 8 nitrogen and oxygen atoms in total. The van der Waals surface area contributed by atoms with Crippen LogP contribution < -0.4 is 10.2 Å². The summed E-state index contributed by atoms with van der Waals surface area (Å²) in [5, 5.41) is 3.44. The molecule has 0 spiro atoms. The van der Waals surface area contributed by atoms with Gasteiger partial charge in [-0.25, -0.2) is 19.9 Å². The number of ketones is 1. The average molecular weight is 401 g/mol. The van der Waals surface area contributed by atoms with Crippen LogP contribution in [0.1, 0.15) is 21.7 Å². The monoisotopic (exact) mass is 401 g/mol. The molecule has 0 aromatic carbocycles. The number of nitrogens with one attached hydrogen (secondary N) is 1. The van der Waals surface area contributed by atoms with E-state index in [4.69, 9.17) is 0 Å². The molecule has 0 bridgehead atoms. The molecule has 8 heteroatoms. The summed E-state index contributed by atoms with van der Waals surface area (Å²) in [4.78, 5) is 37.9. The van der Waals surface area contributed by atoms with E-state index in [9.17, 15) is 4.79 Å². The minimum Gasteiger partial charge on any atom is -0.340 e. The Balaban J connectivity index is 1.41. The van der Waals surface area contributed by atoms with Crippen LogP contribution in [-0.2, 0) is 0 Å². The summed E-state index contributed by atoms with van der Waals surface area (Å²) in [7, 11) is 0. The summed E-state index contributed by atoms with van der Waals surface area (Å²) in [6.07, 6.45) is 4.99. The van der Waals surface area contributed by atoms with Gasteiger partial charge in [-0.1, -0.05) is 0 Å². The highest BCUT2D eigenvalue weighted by Crippen LogP contribution is 2.34. The Morgan fingerprint density at radius 1 is 1.03 bits per heavy atom. The minimum absolute atomic E-state index is 0.0428. The van der Waals surface area contributed by atoms with Crippen molar-refractivity contribution >= 4 is 11.7 Å². The first-order valence-electron chi connectivity index (χ1n) is 10.2. The fourth-order valence-corrected chi connectivity index (χ4v) is 4.59. The van der Waals surface area contributed by atoms with E-state index in [0.717, 1.165) is 37.0 Å². The topological polar surface area (TPSA) is 96.8 Å². The van der Waals surface area contributed by atoms with Gasteiger partial charge in [0.15, 0.2) is 11.6 Å². The molecule has 2 fully saturated rings. The van der Waals surface area contributed by atoms with E-state index in [0.29, 0.717) is 23.0 Å². The summed E-state index contributed by atoms with van der Waals surface area (Å²) in [5.41, 5.74) is 3.01. The fourth-order valence-electron chi connectivity index (χ4n) is 4.59. The number of nitrogens with zero attached hydrogens (tertiary/aromatic N) is 6. The maximum absolute atomic E-state index is 13.5. The Bertz CT molecular complexity index is 1070. The lowest BCUT2D eigenvalue weighted by molar-refractivity contribution is 0.0931. The van der Waals surface area contributed by atoms with Gasteiger partial charge in [-0.3, -0.25) is 9.78 Å². The molecule has 0 amide bonds. The van der Waals surface area contributed by atoms with Crippen LogP contribution >= 0.6 is 0 Å². The van der Waals surface area contributed by atoms with Crippen LogP contribution in [0.15, 0.2) is 42.9 Å². The number of carbonyl (C=O) groups excluding carboxylic acids is 1. The average Bonchev–Trinajstić information content (AvgIpc) is 3.34. The van der Waals surface area contributed by atoms with Crippen molar-refractivity contribution < 1.29 is 4.79 Å². The van der Waals surface area contributed by atoms with Gasteiger partial charge in [-0.2, -0.15) is 0 Å². The van der Waals surface area contributed by atoms with Gasteiger partial charge in [0.05, 0.1) is 6.04 Å². The summed E-state index contributed by atoms with van der Waals surface area (Å²) in [5.74, 6) is 1.85. The van der Waals surface area contributed by atoms with Crippen molar-refractivity contribution in [3.05, 3.63) is 59.8 Å². The molecule has 2 aliphatic heterocycles. The van der Waals surface area contributed by atoms with E-state index in [1.807, 2.05) is 26.0 Å². The molecule has 3 aromatic rings. The van der Waals surface area contributed by atoms with E-state index in [-0.39, 0.29) is 17.7 Å². The molecule has 2 saturated heterocycles. The third kappa shape index (κ3) is 3.33. The lowest BCUT2D eigenvalue weighted by Gasteiger charge is -2.21. The molecule has 0 saturated carbocycles. The number of aryl methyl sites for hydroxylation is 2. The molecule has 3 atom stereocenters. The number of rotatable bonds is 4. The van der Waals surface area contributed by atoms with Gasteiger partial charge in [0.2, 0.25) is 5.95 Å². The first kappa shape index (κ1) is 18.7. The van der Waals surface area contributed by atoms with Crippen LogP contribution in [0.3, 0.4) is 0 Å². The third-order valence-electron chi connectivity index (χ3n) is 5.91. The Kier molecular flexibility index (Phi) is 4.71. The van der Waals surface area contributed by atoms with E-state index in [2.05, 4.69) is 35.1 Å². The maximum atomic E-state index is 13.5. The highest BCUT2D eigenvalue weighted by Gasteiger charge is 2.46. The fraction of sp³-hybridized carbons (Fsp3) is 0.364. The van der Waals surface area contributed by atoms with Crippen molar-refractivity contribution in [3.8, 4) is 11.5 Å². The molecule has 3 aromatic heterocycles. The third-order valence-corrected chi connectivity index (χ3v) is 5.91.